The van der Waals surface area contributed by atoms with Crippen LogP contribution < -0.4 is 11.0 Å². The fraction of sp³-hybridized carbons (Fsp3) is 0.500. The maximum atomic E-state index is 5.19. The Hall–Kier alpha value is -1.17. The molecule has 1 aliphatic rings. The molecule has 0 radical (unpaired) electrons. The number of nitrogens with one attached hydrogen (secondary N) is 2. The van der Waals surface area contributed by atoms with Crippen molar-refractivity contribution >= 4 is 5.69 Å². The van der Waals surface area contributed by atoms with Gasteiger partial charge in [0.15, 0.2) is 0 Å². The van der Waals surface area contributed by atoms with E-state index >= 15 is 0 Å². The zero-order chi connectivity index (χ0) is 10.5. The number of anilines is 1. The van der Waals surface area contributed by atoms with Gasteiger partial charge in [-0.15, -0.1) is 0 Å². The number of hydrogen-bond donors (Lipinski definition) is 2. The van der Waals surface area contributed by atoms with Gasteiger partial charge in [0, 0.05) is 18.8 Å². The van der Waals surface area contributed by atoms with Gasteiger partial charge in [0.1, 0.15) is 0 Å². The van der Waals surface area contributed by atoms with Crippen molar-refractivity contribution in [2.45, 2.75) is 12.5 Å². The SMILES string of the molecule is CN1CC[C@@H](NONc2cccnc2)C1. The van der Waals surface area contributed by atoms with Gasteiger partial charge in [0.2, 0.25) is 0 Å². The lowest BCUT2D eigenvalue weighted by Gasteiger charge is -2.12. The summed E-state index contributed by atoms with van der Waals surface area (Å²) in [6.45, 7) is 2.14. The Kier molecular flexibility index (Phi) is 3.49. The maximum Gasteiger partial charge on any atom is 0.0806 e. The highest BCUT2D eigenvalue weighted by atomic mass is 16.8. The molecule has 0 bridgehead atoms. The summed E-state index contributed by atoms with van der Waals surface area (Å²) in [5, 5.41) is 0. The summed E-state index contributed by atoms with van der Waals surface area (Å²) in [7, 11) is 2.11. The number of likely N-dealkylation sites (tertiary alicyclic amines) is 1. The largest absolute Gasteiger partial charge is 0.305 e. The van der Waals surface area contributed by atoms with Crippen LogP contribution in [-0.4, -0.2) is 36.1 Å². The first-order chi connectivity index (χ1) is 7.34. The van der Waals surface area contributed by atoms with Gasteiger partial charge in [-0.1, -0.05) is 0 Å². The number of pyridine rings is 1. The molecule has 0 saturated carbocycles. The molecule has 1 atom stereocenters. The van der Waals surface area contributed by atoms with Crippen molar-refractivity contribution < 1.29 is 4.94 Å². The van der Waals surface area contributed by atoms with Crippen molar-refractivity contribution in [3.8, 4) is 0 Å². The van der Waals surface area contributed by atoms with Crippen LogP contribution in [0.4, 0.5) is 5.69 Å². The summed E-state index contributed by atoms with van der Waals surface area (Å²) < 4.78 is 0. The molecule has 2 rings (SSSR count). The normalized spacial score (nSPS) is 21.8. The highest BCUT2D eigenvalue weighted by Crippen LogP contribution is 2.06. The van der Waals surface area contributed by atoms with Gasteiger partial charge in [-0.3, -0.25) is 4.98 Å². The van der Waals surface area contributed by atoms with Gasteiger partial charge in [-0.25, -0.2) is 5.48 Å². The molecule has 1 aromatic heterocycles. The van der Waals surface area contributed by atoms with E-state index in [2.05, 4.69) is 27.9 Å². The lowest BCUT2D eigenvalue weighted by Crippen LogP contribution is -2.33. The third-order valence-electron chi connectivity index (χ3n) is 2.45. The maximum absolute atomic E-state index is 5.19. The average molecular weight is 208 g/mol. The summed E-state index contributed by atoms with van der Waals surface area (Å²) in [6.07, 6.45) is 4.55. The van der Waals surface area contributed by atoms with Crippen LogP contribution >= 0.6 is 0 Å². The van der Waals surface area contributed by atoms with Gasteiger partial charge >= 0.3 is 0 Å². The first-order valence-corrected chi connectivity index (χ1v) is 5.10. The molecule has 0 spiro atoms. The fourth-order valence-electron chi connectivity index (χ4n) is 1.63. The van der Waals surface area contributed by atoms with E-state index in [-0.39, 0.29) is 0 Å². The molecule has 1 aliphatic heterocycles. The Morgan fingerprint density at radius 3 is 3.20 bits per heavy atom. The Morgan fingerprint density at radius 2 is 2.53 bits per heavy atom. The Balaban J connectivity index is 1.67. The molecule has 1 fully saturated rings. The molecule has 0 unspecified atom stereocenters. The molecule has 2 N–H and O–H groups in total. The van der Waals surface area contributed by atoms with Crippen molar-refractivity contribution in [1.29, 1.82) is 0 Å². The van der Waals surface area contributed by atoms with Crippen LogP contribution in [0.2, 0.25) is 0 Å². The van der Waals surface area contributed by atoms with Crippen LogP contribution in [0.15, 0.2) is 24.5 Å². The molecule has 15 heavy (non-hydrogen) atoms. The smallest absolute Gasteiger partial charge is 0.0806 e. The van der Waals surface area contributed by atoms with Crippen LogP contribution in [-0.2, 0) is 4.94 Å². The third-order valence-corrected chi connectivity index (χ3v) is 2.45. The quantitative estimate of drug-likeness (QED) is 0.711. The molecule has 0 aliphatic carbocycles. The summed E-state index contributed by atoms with van der Waals surface area (Å²) >= 11 is 0. The Labute approximate surface area is 89.4 Å². The summed E-state index contributed by atoms with van der Waals surface area (Å²) in [4.78, 5) is 11.4. The van der Waals surface area contributed by atoms with E-state index in [4.69, 9.17) is 4.94 Å². The lowest BCUT2D eigenvalue weighted by molar-refractivity contribution is 0.0612. The highest BCUT2D eigenvalue weighted by molar-refractivity contribution is 5.36. The lowest BCUT2D eigenvalue weighted by atomic mass is 10.3. The monoisotopic (exact) mass is 208 g/mol. The van der Waals surface area contributed by atoms with E-state index in [1.54, 1.807) is 12.4 Å². The predicted molar refractivity (Wildman–Crippen MR) is 58.0 cm³/mol. The van der Waals surface area contributed by atoms with Gasteiger partial charge in [0.05, 0.1) is 11.9 Å². The molecule has 2 heterocycles. The predicted octanol–water partition coefficient (Wildman–Crippen LogP) is 0.634. The van der Waals surface area contributed by atoms with Crippen LogP contribution in [0, 0.1) is 0 Å². The second-order valence-corrected chi connectivity index (χ2v) is 3.81. The number of rotatable bonds is 4. The number of nitrogens with zero attached hydrogens (tertiary/aromatic N) is 2. The van der Waals surface area contributed by atoms with Crippen molar-refractivity contribution in [3.63, 3.8) is 0 Å². The summed E-state index contributed by atoms with van der Waals surface area (Å²) in [5.41, 5.74) is 6.62. The van der Waals surface area contributed by atoms with Gasteiger partial charge in [-0.05, 0) is 32.1 Å². The van der Waals surface area contributed by atoms with Gasteiger partial charge < -0.3 is 4.90 Å². The van der Waals surface area contributed by atoms with E-state index in [9.17, 15) is 0 Å². The van der Waals surface area contributed by atoms with Crippen molar-refractivity contribution in [3.05, 3.63) is 24.5 Å². The number of hydrogen-bond acceptors (Lipinski definition) is 5. The van der Waals surface area contributed by atoms with E-state index in [1.807, 2.05) is 12.1 Å². The minimum atomic E-state index is 0.402. The standard InChI is InChI=1S/C10H16N4O/c1-14-6-4-10(8-14)13-15-12-9-3-2-5-11-7-9/h2-3,5,7,10,12-13H,4,6,8H2,1H3/t10-/m1/s1. The molecule has 0 aromatic carbocycles. The third kappa shape index (κ3) is 3.16. The first-order valence-electron chi connectivity index (χ1n) is 5.10. The van der Waals surface area contributed by atoms with Crippen LogP contribution in [0.1, 0.15) is 6.42 Å². The number of likely N-dealkylation sites (N-methyl/N-ethyl adjacent to an activating group) is 1. The topological polar surface area (TPSA) is 49.4 Å². The zero-order valence-corrected chi connectivity index (χ0v) is 8.81. The molecule has 0 amide bonds. The van der Waals surface area contributed by atoms with Crippen LogP contribution in [0.25, 0.3) is 0 Å². The Morgan fingerprint density at radius 1 is 1.60 bits per heavy atom. The molecule has 5 heteroatoms. The van der Waals surface area contributed by atoms with E-state index in [0.717, 1.165) is 25.2 Å². The Bertz CT molecular complexity index is 293. The molecular formula is C10H16N4O. The fourth-order valence-corrected chi connectivity index (χ4v) is 1.63. The molecule has 5 nitrogen and oxygen atoms in total. The van der Waals surface area contributed by atoms with E-state index < -0.39 is 0 Å². The summed E-state index contributed by atoms with van der Waals surface area (Å²) in [5.74, 6) is 0. The molecular weight excluding hydrogens is 192 g/mol. The number of hydroxylamine groups is 1. The zero-order valence-electron chi connectivity index (χ0n) is 8.81. The molecule has 1 saturated heterocycles. The minimum absolute atomic E-state index is 0.402. The van der Waals surface area contributed by atoms with Crippen LogP contribution in [0.3, 0.4) is 0 Å². The number of aromatic nitrogens is 1. The van der Waals surface area contributed by atoms with E-state index in [1.165, 1.54) is 0 Å². The van der Waals surface area contributed by atoms with Gasteiger partial charge in [0.25, 0.3) is 0 Å². The van der Waals surface area contributed by atoms with E-state index in [0.29, 0.717) is 6.04 Å². The first kappa shape index (κ1) is 10.4. The van der Waals surface area contributed by atoms with Crippen molar-refractivity contribution in [2.75, 3.05) is 25.6 Å². The second-order valence-electron chi connectivity index (χ2n) is 3.81. The highest BCUT2D eigenvalue weighted by Gasteiger charge is 2.18. The summed E-state index contributed by atoms with van der Waals surface area (Å²) in [6, 6.07) is 4.16. The van der Waals surface area contributed by atoms with Crippen molar-refractivity contribution in [2.24, 2.45) is 0 Å². The average Bonchev–Trinajstić information content (AvgIpc) is 2.66. The minimum Gasteiger partial charge on any atom is -0.305 e. The van der Waals surface area contributed by atoms with Crippen LogP contribution in [0.5, 0.6) is 0 Å². The second kappa shape index (κ2) is 5.06. The van der Waals surface area contributed by atoms with Gasteiger partial charge in [-0.2, -0.15) is 10.4 Å². The molecule has 1 aromatic rings. The molecule has 82 valence electrons. The van der Waals surface area contributed by atoms with Crippen molar-refractivity contribution in [1.82, 2.24) is 15.4 Å².